The van der Waals surface area contributed by atoms with Gasteiger partial charge in [0.1, 0.15) is 11.5 Å². The van der Waals surface area contributed by atoms with E-state index in [1.165, 1.54) is 0 Å². The van der Waals surface area contributed by atoms with Gasteiger partial charge in [-0.15, -0.1) is 0 Å². The lowest BCUT2D eigenvalue weighted by molar-refractivity contribution is 0.532. The Kier molecular flexibility index (Phi) is 2.26. The van der Waals surface area contributed by atoms with Crippen molar-refractivity contribution in [2.24, 2.45) is 0 Å². The monoisotopic (exact) mass is 175 g/mol. The lowest BCUT2D eigenvalue weighted by Crippen LogP contribution is -2.02. The standard InChI is InChI=1S/C8H8F3N/c1-2-4-5(9)3-6(10)8(12)7(4)11/h3H,2,12H2,1H3. The molecule has 0 radical (unpaired) electrons. The number of hydrogen-bond donors (Lipinski definition) is 1. The molecule has 0 aliphatic rings. The zero-order chi connectivity index (χ0) is 9.30. The van der Waals surface area contributed by atoms with Crippen LogP contribution in [-0.2, 0) is 6.42 Å². The van der Waals surface area contributed by atoms with Gasteiger partial charge in [0.2, 0.25) is 0 Å². The van der Waals surface area contributed by atoms with E-state index in [9.17, 15) is 13.2 Å². The fraction of sp³-hybridized carbons (Fsp3) is 0.250. The molecule has 0 saturated carbocycles. The Balaban J connectivity index is 3.40. The number of nitrogens with two attached hydrogens (primary N) is 1. The van der Waals surface area contributed by atoms with Crippen LogP contribution in [0.25, 0.3) is 0 Å². The molecule has 12 heavy (non-hydrogen) atoms. The minimum Gasteiger partial charge on any atom is -0.394 e. The van der Waals surface area contributed by atoms with Gasteiger partial charge in [-0.25, -0.2) is 13.2 Å². The number of anilines is 1. The van der Waals surface area contributed by atoms with Crippen LogP contribution in [0.1, 0.15) is 12.5 Å². The molecule has 0 aromatic heterocycles. The summed E-state index contributed by atoms with van der Waals surface area (Å²) >= 11 is 0. The normalized spacial score (nSPS) is 10.3. The molecule has 0 fully saturated rings. The maximum atomic E-state index is 12.9. The van der Waals surface area contributed by atoms with E-state index < -0.39 is 23.1 Å². The van der Waals surface area contributed by atoms with Gasteiger partial charge in [0.05, 0.1) is 0 Å². The topological polar surface area (TPSA) is 26.0 Å². The molecule has 0 aliphatic carbocycles. The molecule has 0 spiro atoms. The van der Waals surface area contributed by atoms with Crippen molar-refractivity contribution in [2.45, 2.75) is 13.3 Å². The second kappa shape index (κ2) is 3.05. The summed E-state index contributed by atoms with van der Waals surface area (Å²) in [5, 5.41) is 0. The predicted molar refractivity (Wildman–Crippen MR) is 40.1 cm³/mol. The van der Waals surface area contributed by atoms with E-state index in [1.807, 2.05) is 0 Å². The first kappa shape index (κ1) is 8.90. The largest absolute Gasteiger partial charge is 0.394 e. The fourth-order valence-corrected chi connectivity index (χ4v) is 0.972. The average Bonchev–Trinajstić information content (AvgIpc) is 2.01. The molecule has 0 saturated heterocycles. The van der Waals surface area contributed by atoms with Crippen LogP contribution in [0, 0.1) is 17.5 Å². The molecule has 1 nitrogen and oxygen atoms in total. The Morgan fingerprint density at radius 3 is 2.33 bits per heavy atom. The number of rotatable bonds is 1. The Hall–Kier alpha value is -1.19. The first-order valence-corrected chi connectivity index (χ1v) is 3.49. The van der Waals surface area contributed by atoms with Gasteiger partial charge in [-0.2, -0.15) is 0 Å². The molecule has 0 amide bonds. The highest BCUT2D eigenvalue weighted by Gasteiger charge is 2.14. The first-order chi connectivity index (χ1) is 5.57. The van der Waals surface area contributed by atoms with Gasteiger partial charge in [0.15, 0.2) is 11.6 Å². The first-order valence-electron chi connectivity index (χ1n) is 3.49. The smallest absolute Gasteiger partial charge is 0.155 e. The van der Waals surface area contributed by atoms with E-state index in [-0.39, 0.29) is 12.0 Å². The van der Waals surface area contributed by atoms with Crippen LogP contribution in [-0.4, -0.2) is 0 Å². The van der Waals surface area contributed by atoms with Crippen LogP contribution < -0.4 is 5.73 Å². The molecular formula is C8H8F3N. The highest BCUT2D eigenvalue weighted by atomic mass is 19.1. The Labute approximate surface area is 68.0 Å². The summed E-state index contributed by atoms with van der Waals surface area (Å²) < 4.78 is 38.2. The molecule has 0 heterocycles. The zero-order valence-corrected chi connectivity index (χ0v) is 6.50. The van der Waals surface area contributed by atoms with Crippen molar-refractivity contribution < 1.29 is 13.2 Å². The van der Waals surface area contributed by atoms with Gasteiger partial charge >= 0.3 is 0 Å². The Morgan fingerprint density at radius 2 is 1.83 bits per heavy atom. The summed E-state index contributed by atoms with van der Waals surface area (Å²) in [6.45, 7) is 1.57. The van der Waals surface area contributed by atoms with Crippen molar-refractivity contribution in [3.8, 4) is 0 Å². The average molecular weight is 175 g/mol. The number of hydrogen-bond acceptors (Lipinski definition) is 1. The van der Waals surface area contributed by atoms with Crippen LogP contribution >= 0.6 is 0 Å². The summed E-state index contributed by atoms with van der Waals surface area (Å²) in [4.78, 5) is 0. The highest BCUT2D eigenvalue weighted by Crippen LogP contribution is 2.22. The summed E-state index contributed by atoms with van der Waals surface area (Å²) in [6, 6.07) is 0.594. The second-order valence-electron chi connectivity index (χ2n) is 2.40. The molecule has 0 aliphatic heterocycles. The molecule has 1 aromatic rings. The predicted octanol–water partition coefficient (Wildman–Crippen LogP) is 2.25. The van der Waals surface area contributed by atoms with Crippen molar-refractivity contribution in [1.29, 1.82) is 0 Å². The lowest BCUT2D eigenvalue weighted by Gasteiger charge is -2.04. The van der Waals surface area contributed by atoms with Crippen molar-refractivity contribution in [3.05, 3.63) is 29.1 Å². The summed E-state index contributed by atoms with van der Waals surface area (Å²) in [5.74, 6) is -2.93. The lowest BCUT2D eigenvalue weighted by atomic mass is 10.1. The van der Waals surface area contributed by atoms with Gasteiger partial charge in [-0.05, 0) is 6.42 Å². The third-order valence-corrected chi connectivity index (χ3v) is 1.65. The van der Waals surface area contributed by atoms with Crippen LogP contribution in [0.3, 0.4) is 0 Å². The molecule has 1 rings (SSSR count). The molecule has 4 heteroatoms. The minimum absolute atomic E-state index is 0.155. The van der Waals surface area contributed by atoms with Gasteiger partial charge < -0.3 is 5.73 Å². The van der Waals surface area contributed by atoms with E-state index in [0.29, 0.717) is 6.07 Å². The second-order valence-corrected chi connectivity index (χ2v) is 2.40. The van der Waals surface area contributed by atoms with Crippen LogP contribution in [0.5, 0.6) is 0 Å². The number of nitrogen functional groups attached to an aromatic ring is 1. The maximum absolute atomic E-state index is 12.9. The van der Waals surface area contributed by atoms with E-state index in [2.05, 4.69) is 0 Å². The maximum Gasteiger partial charge on any atom is 0.155 e. The SMILES string of the molecule is CCc1c(F)cc(F)c(N)c1F. The third-order valence-electron chi connectivity index (χ3n) is 1.65. The minimum atomic E-state index is -1.05. The Bertz CT molecular complexity index is 310. The van der Waals surface area contributed by atoms with E-state index in [1.54, 1.807) is 6.92 Å². The number of benzene rings is 1. The number of halogens is 3. The molecule has 1 aromatic carbocycles. The molecule has 0 bridgehead atoms. The van der Waals surface area contributed by atoms with Crippen LogP contribution in [0.2, 0.25) is 0 Å². The zero-order valence-electron chi connectivity index (χ0n) is 6.50. The van der Waals surface area contributed by atoms with Gasteiger partial charge in [-0.3, -0.25) is 0 Å². The van der Waals surface area contributed by atoms with Crippen molar-refractivity contribution >= 4 is 5.69 Å². The third kappa shape index (κ3) is 1.24. The van der Waals surface area contributed by atoms with E-state index in [0.717, 1.165) is 0 Å². The summed E-state index contributed by atoms with van der Waals surface area (Å²) in [5.41, 5.74) is 4.22. The summed E-state index contributed by atoms with van der Waals surface area (Å²) in [7, 11) is 0. The molecule has 66 valence electrons. The molecule has 2 N–H and O–H groups in total. The van der Waals surface area contributed by atoms with Crippen molar-refractivity contribution in [2.75, 3.05) is 5.73 Å². The summed E-state index contributed by atoms with van der Waals surface area (Å²) in [6.07, 6.45) is 0.155. The highest BCUT2D eigenvalue weighted by molar-refractivity contribution is 5.45. The van der Waals surface area contributed by atoms with Gasteiger partial charge in [0.25, 0.3) is 0 Å². The molecular weight excluding hydrogens is 167 g/mol. The van der Waals surface area contributed by atoms with E-state index >= 15 is 0 Å². The molecule has 0 atom stereocenters. The quantitative estimate of drug-likeness (QED) is 0.651. The molecule has 0 unspecified atom stereocenters. The van der Waals surface area contributed by atoms with E-state index in [4.69, 9.17) is 5.73 Å². The van der Waals surface area contributed by atoms with Crippen molar-refractivity contribution in [3.63, 3.8) is 0 Å². The fourth-order valence-electron chi connectivity index (χ4n) is 0.972. The van der Waals surface area contributed by atoms with Crippen LogP contribution in [0.15, 0.2) is 6.07 Å². The van der Waals surface area contributed by atoms with Crippen LogP contribution in [0.4, 0.5) is 18.9 Å². The Morgan fingerprint density at radius 1 is 1.25 bits per heavy atom. The van der Waals surface area contributed by atoms with Crippen molar-refractivity contribution in [1.82, 2.24) is 0 Å². The van der Waals surface area contributed by atoms with Gasteiger partial charge in [-0.1, -0.05) is 6.92 Å². The van der Waals surface area contributed by atoms with Gasteiger partial charge in [0, 0.05) is 11.6 Å².